The van der Waals surface area contributed by atoms with E-state index in [9.17, 15) is 14.9 Å². The first-order chi connectivity index (χ1) is 10.6. The van der Waals surface area contributed by atoms with Crippen molar-refractivity contribution in [1.82, 2.24) is 0 Å². The van der Waals surface area contributed by atoms with Gasteiger partial charge in [-0.05, 0) is 43.2 Å². The largest absolute Gasteiger partial charge is 0.372 e. The van der Waals surface area contributed by atoms with Gasteiger partial charge in [0.25, 0.3) is 5.69 Å². The van der Waals surface area contributed by atoms with E-state index < -0.39 is 4.92 Å². The molecule has 22 heavy (non-hydrogen) atoms. The SMILES string of the molecule is CCN(CC)c1ccc2c(c1)C(=O)c1cc([N+](=O)[O-])ccc1-2. The Bertz CT molecular complexity index is 779. The van der Waals surface area contributed by atoms with E-state index in [1.807, 2.05) is 18.2 Å². The molecule has 112 valence electrons. The normalized spacial score (nSPS) is 12.0. The molecule has 0 radical (unpaired) electrons. The molecule has 2 aromatic rings. The molecular formula is C17H16N2O3. The molecule has 5 nitrogen and oxygen atoms in total. The summed E-state index contributed by atoms with van der Waals surface area (Å²) in [6.45, 7) is 5.86. The van der Waals surface area contributed by atoms with E-state index in [1.165, 1.54) is 12.1 Å². The highest BCUT2D eigenvalue weighted by atomic mass is 16.6. The summed E-state index contributed by atoms with van der Waals surface area (Å²) >= 11 is 0. The van der Waals surface area contributed by atoms with Gasteiger partial charge in [0, 0.05) is 42.0 Å². The van der Waals surface area contributed by atoms with E-state index in [-0.39, 0.29) is 11.5 Å². The van der Waals surface area contributed by atoms with E-state index in [4.69, 9.17) is 0 Å². The van der Waals surface area contributed by atoms with E-state index >= 15 is 0 Å². The second kappa shape index (κ2) is 5.26. The van der Waals surface area contributed by atoms with Crippen molar-refractivity contribution in [1.29, 1.82) is 0 Å². The number of nitro benzene ring substituents is 1. The molecule has 0 bridgehead atoms. The van der Waals surface area contributed by atoms with Crippen LogP contribution in [0.15, 0.2) is 36.4 Å². The fraction of sp³-hybridized carbons (Fsp3) is 0.235. The van der Waals surface area contributed by atoms with Gasteiger partial charge in [-0.3, -0.25) is 14.9 Å². The van der Waals surface area contributed by atoms with E-state index in [0.29, 0.717) is 11.1 Å². The summed E-state index contributed by atoms with van der Waals surface area (Å²) in [6, 6.07) is 10.3. The zero-order chi connectivity index (χ0) is 15.9. The van der Waals surface area contributed by atoms with Gasteiger partial charge in [0.2, 0.25) is 0 Å². The Kier molecular flexibility index (Phi) is 3.41. The van der Waals surface area contributed by atoms with Crippen LogP contribution in [0.4, 0.5) is 11.4 Å². The quantitative estimate of drug-likeness (QED) is 0.544. The molecule has 0 saturated heterocycles. The minimum absolute atomic E-state index is 0.0520. The summed E-state index contributed by atoms with van der Waals surface area (Å²) < 4.78 is 0. The topological polar surface area (TPSA) is 63.5 Å². The molecule has 3 rings (SSSR count). The molecule has 0 saturated carbocycles. The van der Waals surface area contributed by atoms with Crippen LogP contribution in [0.1, 0.15) is 29.8 Å². The fourth-order valence-corrected chi connectivity index (χ4v) is 2.95. The molecule has 0 aliphatic heterocycles. The van der Waals surface area contributed by atoms with Crippen LogP contribution in [0.2, 0.25) is 0 Å². The number of carbonyl (C=O) groups is 1. The third kappa shape index (κ3) is 2.06. The van der Waals surface area contributed by atoms with Crippen LogP contribution < -0.4 is 4.90 Å². The van der Waals surface area contributed by atoms with Crippen LogP contribution in [-0.4, -0.2) is 23.8 Å². The van der Waals surface area contributed by atoms with Gasteiger partial charge in [-0.15, -0.1) is 0 Å². The van der Waals surface area contributed by atoms with Gasteiger partial charge in [-0.2, -0.15) is 0 Å². The Balaban J connectivity index is 2.10. The lowest BCUT2D eigenvalue weighted by Crippen LogP contribution is -2.21. The van der Waals surface area contributed by atoms with Gasteiger partial charge in [0.1, 0.15) is 0 Å². The molecule has 0 atom stereocenters. The number of anilines is 1. The van der Waals surface area contributed by atoms with Crippen LogP contribution in [0.3, 0.4) is 0 Å². The first-order valence-electron chi connectivity index (χ1n) is 7.29. The molecule has 0 aromatic heterocycles. The highest BCUT2D eigenvalue weighted by Gasteiger charge is 2.29. The van der Waals surface area contributed by atoms with Crippen LogP contribution in [-0.2, 0) is 0 Å². The van der Waals surface area contributed by atoms with E-state index in [1.54, 1.807) is 6.07 Å². The number of carbonyl (C=O) groups excluding carboxylic acids is 1. The van der Waals surface area contributed by atoms with Gasteiger partial charge in [0.05, 0.1) is 4.92 Å². The van der Waals surface area contributed by atoms with Crippen LogP contribution in [0.5, 0.6) is 0 Å². The Labute approximate surface area is 128 Å². The third-order valence-electron chi connectivity index (χ3n) is 4.13. The average molecular weight is 296 g/mol. The molecule has 0 amide bonds. The Morgan fingerprint density at radius 1 is 0.955 bits per heavy atom. The van der Waals surface area contributed by atoms with Crippen molar-refractivity contribution in [2.45, 2.75) is 13.8 Å². The molecular weight excluding hydrogens is 280 g/mol. The number of ketones is 1. The van der Waals surface area contributed by atoms with Crippen LogP contribution in [0.25, 0.3) is 11.1 Å². The number of fused-ring (bicyclic) bond motifs is 3. The number of nitrogens with zero attached hydrogens (tertiary/aromatic N) is 2. The summed E-state index contributed by atoms with van der Waals surface area (Å²) in [6.07, 6.45) is 0. The molecule has 0 unspecified atom stereocenters. The highest BCUT2D eigenvalue weighted by Crippen LogP contribution is 2.39. The van der Waals surface area contributed by atoms with E-state index in [2.05, 4.69) is 18.7 Å². The second-order valence-corrected chi connectivity index (χ2v) is 5.22. The van der Waals surface area contributed by atoms with Crippen LogP contribution in [0, 0.1) is 10.1 Å². The number of hydrogen-bond donors (Lipinski definition) is 0. The maximum absolute atomic E-state index is 12.6. The Morgan fingerprint density at radius 3 is 2.14 bits per heavy atom. The Hall–Kier alpha value is -2.69. The number of nitro groups is 1. The first-order valence-corrected chi connectivity index (χ1v) is 7.29. The summed E-state index contributed by atoms with van der Waals surface area (Å²) in [5.41, 5.74) is 3.62. The number of hydrogen-bond acceptors (Lipinski definition) is 4. The summed E-state index contributed by atoms with van der Waals surface area (Å²) in [7, 11) is 0. The average Bonchev–Trinajstić information content (AvgIpc) is 2.81. The smallest absolute Gasteiger partial charge is 0.270 e. The van der Waals surface area contributed by atoms with Crippen molar-refractivity contribution in [2.75, 3.05) is 18.0 Å². The predicted molar refractivity (Wildman–Crippen MR) is 85.5 cm³/mol. The van der Waals surface area contributed by atoms with E-state index in [0.717, 1.165) is 29.9 Å². The molecule has 1 aliphatic carbocycles. The van der Waals surface area contributed by atoms with Crippen molar-refractivity contribution in [3.63, 3.8) is 0 Å². The maximum atomic E-state index is 12.6. The number of non-ortho nitro benzene ring substituents is 1. The predicted octanol–water partition coefficient (Wildman–Crippen LogP) is 3.65. The molecule has 1 aliphatic rings. The molecule has 0 N–H and O–H groups in total. The van der Waals surface area contributed by atoms with Gasteiger partial charge in [-0.1, -0.05) is 6.07 Å². The fourth-order valence-electron chi connectivity index (χ4n) is 2.95. The Morgan fingerprint density at radius 2 is 1.55 bits per heavy atom. The summed E-state index contributed by atoms with van der Waals surface area (Å²) in [5.74, 6) is -0.136. The molecule has 0 spiro atoms. The van der Waals surface area contributed by atoms with Crippen LogP contribution >= 0.6 is 0 Å². The number of rotatable bonds is 4. The molecule has 5 heteroatoms. The molecule has 0 heterocycles. The zero-order valence-corrected chi connectivity index (χ0v) is 12.5. The minimum atomic E-state index is -0.474. The van der Waals surface area contributed by atoms with Gasteiger partial charge < -0.3 is 4.90 Å². The van der Waals surface area contributed by atoms with Gasteiger partial charge in [-0.25, -0.2) is 0 Å². The minimum Gasteiger partial charge on any atom is -0.372 e. The lowest BCUT2D eigenvalue weighted by Gasteiger charge is -2.21. The summed E-state index contributed by atoms with van der Waals surface area (Å²) in [5, 5.41) is 10.9. The third-order valence-corrected chi connectivity index (χ3v) is 4.13. The van der Waals surface area contributed by atoms with Crippen molar-refractivity contribution < 1.29 is 9.72 Å². The summed E-state index contributed by atoms with van der Waals surface area (Å²) in [4.78, 5) is 25.2. The first kappa shape index (κ1) is 14.3. The van der Waals surface area contributed by atoms with Gasteiger partial charge >= 0.3 is 0 Å². The van der Waals surface area contributed by atoms with Crippen molar-refractivity contribution >= 4 is 17.2 Å². The molecule has 0 fully saturated rings. The maximum Gasteiger partial charge on any atom is 0.270 e. The standard InChI is InChI=1S/C17H16N2O3/c1-3-18(4-2)11-5-7-13-14-8-6-12(19(21)22)10-16(14)17(20)15(13)9-11/h5-10H,3-4H2,1-2H3. The zero-order valence-electron chi connectivity index (χ0n) is 12.5. The van der Waals surface area contributed by atoms with Gasteiger partial charge in [0.15, 0.2) is 5.78 Å². The van der Waals surface area contributed by atoms with Crippen molar-refractivity contribution in [3.8, 4) is 11.1 Å². The molecule has 2 aromatic carbocycles. The number of benzene rings is 2. The highest BCUT2D eigenvalue weighted by molar-refractivity contribution is 6.22. The lowest BCUT2D eigenvalue weighted by molar-refractivity contribution is -0.384. The monoisotopic (exact) mass is 296 g/mol. The second-order valence-electron chi connectivity index (χ2n) is 5.22. The lowest BCUT2D eigenvalue weighted by atomic mass is 10.0. The van der Waals surface area contributed by atoms with Crippen molar-refractivity contribution in [3.05, 3.63) is 57.6 Å². The van der Waals surface area contributed by atoms with Crippen molar-refractivity contribution in [2.24, 2.45) is 0 Å².